The molecular formula is C20H6N4O4. The standard InChI is InChI=1S/C20H6N4O4/c1-3-9-10-4-2-8(22-10)6-12-14-18-20-16-15-19(27-20)17(26-18)13(23(15)28-24(14)16)11(25-12)5-7(1)21-9/h1-6H. The molecule has 0 N–H and O–H groups in total. The second-order valence-corrected chi connectivity index (χ2v) is 7.22. The Kier molecular flexibility index (Phi) is 1.52. The van der Waals surface area contributed by atoms with Gasteiger partial charge in [0.1, 0.15) is 0 Å². The van der Waals surface area contributed by atoms with Crippen LogP contribution in [0.5, 0.6) is 0 Å². The van der Waals surface area contributed by atoms with Crippen molar-refractivity contribution in [3.05, 3.63) is 47.2 Å². The maximum absolute atomic E-state index is 6.44. The summed E-state index contributed by atoms with van der Waals surface area (Å²) in [4.78, 5) is 9.35. The van der Waals surface area contributed by atoms with Gasteiger partial charge >= 0.3 is 0 Å². The third kappa shape index (κ3) is 1.07. The average molecular weight is 366 g/mol. The van der Waals surface area contributed by atoms with Crippen molar-refractivity contribution in [3.8, 4) is 0 Å². The molecule has 3 aliphatic rings. The number of aromatic nitrogens is 2. The summed E-state index contributed by atoms with van der Waals surface area (Å²) in [5.74, 6) is 1.16. The summed E-state index contributed by atoms with van der Waals surface area (Å²) in [6.07, 6.45) is 11.6. The van der Waals surface area contributed by atoms with E-state index in [1.807, 2.05) is 36.5 Å². The summed E-state index contributed by atoms with van der Waals surface area (Å²) < 4.78 is 28.4. The summed E-state index contributed by atoms with van der Waals surface area (Å²) in [6, 6.07) is 0. The topological polar surface area (TPSA) is 86.1 Å². The van der Waals surface area contributed by atoms with Crippen LogP contribution >= 0.6 is 0 Å². The minimum Gasteiger partial charge on any atom is -0.452 e. The van der Waals surface area contributed by atoms with Gasteiger partial charge in [-0.05, 0) is 24.3 Å². The molecule has 0 aromatic carbocycles. The first-order valence-corrected chi connectivity index (χ1v) is 8.85. The fourth-order valence-corrected chi connectivity index (χ4v) is 4.56. The molecule has 10 heterocycles. The molecule has 0 saturated heterocycles. The Labute approximate surface area is 152 Å². The van der Waals surface area contributed by atoms with E-state index in [1.54, 1.807) is 9.15 Å². The van der Waals surface area contributed by atoms with Gasteiger partial charge in [-0.25, -0.2) is 9.98 Å². The first-order chi connectivity index (χ1) is 13.8. The van der Waals surface area contributed by atoms with Crippen molar-refractivity contribution >= 4 is 68.0 Å². The number of hydrogen-bond donors (Lipinski definition) is 0. The van der Waals surface area contributed by atoms with Crippen molar-refractivity contribution in [2.75, 3.05) is 0 Å². The molecule has 7 aromatic heterocycles. The van der Waals surface area contributed by atoms with Gasteiger partial charge < -0.3 is 13.3 Å². The van der Waals surface area contributed by atoms with Gasteiger partial charge in [0.2, 0.25) is 22.3 Å². The fourth-order valence-electron chi connectivity index (χ4n) is 4.56. The number of nitrogens with zero attached hydrogens (tertiary/aromatic N) is 4. The van der Waals surface area contributed by atoms with E-state index >= 15 is 0 Å². The van der Waals surface area contributed by atoms with Gasteiger partial charge in [-0.2, -0.15) is 0 Å². The highest BCUT2D eigenvalue weighted by molar-refractivity contribution is 6.52. The Hall–Kier alpha value is -4.20. The van der Waals surface area contributed by atoms with Crippen molar-refractivity contribution in [1.29, 1.82) is 0 Å². The maximum atomic E-state index is 6.44. The second-order valence-electron chi connectivity index (χ2n) is 7.22. The lowest BCUT2D eigenvalue weighted by molar-refractivity contribution is 0.253. The lowest BCUT2D eigenvalue weighted by atomic mass is 10.2. The number of hydrogen-bond acceptors (Lipinski definition) is 6. The van der Waals surface area contributed by atoms with Crippen LogP contribution < -0.4 is 0 Å². The van der Waals surface area contributed by atoms with E-state index in [-0.39, 0.29) is 0 Å². The lowest BCUT2D eigenvalue weighted by Crippen LogP contribution is -2.04. The van der Waals surface area contributed by atoms with E-state index < -0.39 is 0 Å². The van der Waals surface area contributed by atoms with Crippen molar-refractivity contribution in [2.45, 2.75) is 0 Å². The van der Waals surface area contributed by atoms with Crippen molar-refractivity contribution in [2.24, 2.45) is 9.98 Å². The minimum atomic E-state index is 0.581. The molecule has 7 aromatic rings. The number of allylic oxidation sites excluding steroid dienone is 4. The van der Waals surface area contributed by atoms with Crippen LogP contribution in [0, 0.1) is 0 Å². The Bertz CT molecular complexity index is 1720. The van der Waals surface area contributed by atoms with E-state index in [9.17, 15) is 0 Å². The van der Waals surface area contributed by atoms with Crippen molar-refractivity contribution < 1.29 is 17.9 Å². The van der Waals surface area contributed by atoms with Crippen LogP contribution in [0.25, 0.3) is 56.6 Å². The molecule has 0 amide bonds. The summed E-state index contributed by atoms with van der Waals surface area (Å²) in [6.45, 7) is 0. The first kappa shape index (κ1) is 12.2. The largest absolute Gasteiger partial charge is 0.452 e. The Balaban J connectivity index is 1.64. The predicted molar refractivity (Wildman–Crippen MR) is 101 cm³/mol. The van der Waals surface area contributed by atoms with Crippen LogP contribution in [0.4, 0.5) is 0 Å². The van der Waals surface area contributed by atoms with Crippen LogP contribution in [-0.4, -0.2) is 20.6 Å². The van der Waals surface area contributed by atoms with Crippen molar-refractivity contribution in [3.63, 3.8) is 0 Å². The van der Waals surface area contributed by atoms with E-state index in [0.717, 1.165) is 33.9 Å². The smallest absolute Gasteiger partial charge is 0.203 e. The second kappa shape index (κ2) is 3.48. The van der Waals surface area contributed by atoms with Crippen LogP contribution in [0.15, 0.2) is 63.6 Å². The quantitative estimate of drug-likeness (QED) is 0.393. The van der Waals surface area contributed by atoms with E-state index in [4.69, 9.17) is 17.9 Å². The van der Waals surface area contributed by atoms with Crippen LogP contribution in [0.1, 0.15) is 11.5 Å². The molecular weight excluding hydrogens is 360 g/mol. The molecule has 10 rings (SSSR count). The molecule has 0 radical (unpaired) electrons. The Morgan fingerprint density at radius 2 is 1.07 bits per heavy atom. The Morgan fingerprint density at radius 1 is 0.571 bits per heavy atom. The molecule has 130 valence electrons. The molecule has 0 saturated carbocycles. The SMILES string of the molecule is C1=CC2=NC1=Cc1oc(c3c4oc5c6oc4c4c6n(on34)c15)C=C1C=CC2=N1. The summed E-state index contributed by atoms with van der Waals surface area (Å²) in [5.41, 5.74) is 8.84. The molecule has 8 nitrogen and oxygen atoms in total. The molecule has 8 heteroatoms. The van der Waals surface area contributed by atoms with Gasteiger partial charge in [-0.15, -0.1) is 9.15 Å². The molecule has 0 atom stereocenters. The highest BCUT2D eigenvalue weighted by Crippen LogP contribution is 2.48. The van der Waals surface area contributed by atoms with Gasteiger partial charge in [-0.3, -0.25) is 4.63 Å². The first-order valence-electron chi connectivity index (χ1n) is 8.85. The fraction of sp³-hybridized carbons (Fsp3) is 0. The minimum absolute atomic E-state index is 0.581. The average Bonchev–Trinajstić information content (AvgIpc) is 3.42. The molecule has 0 fully saturated rings. The van der Waals surface area contributed by atoms with Gasteiger partial charge in [0.05, 0.1) is 22.8 Å². The van der Waals surface area contributed by atoms with Crippen molar-refractivity contribution in [1.82, 2.24) is 9.15 Å². The van der Waals surface area contributed by atoms with Crippen LogP contribution in [-0.2, 0) is 0 Å². The van der Waals surface area contributed by atoms with Gasteiger partial charge in [0.25, 0.3) is 0 Å². The highest BCUT2D eigenvalue weighted by Gasteiger charge is 2.36. The summed E-state index contributed by atoms with van der Waals surface area (Å²) in [7, 11) is 0. The molecule has 0 unspecified atom stereocenters. The number of furan rings is 1. The molecule has 0 aliphatic carbocycles. The summed E-state index contributed by atoms with van der Waals surface area (Å²) >= 11 is 0. The zero-order chi connectivity index (χ0) is 17.7. The third-order valence-corrected chi connectivity index (χ3v) is 5.71. The van der Waals surface area contributed by atoms with E-state index in [1.165, 1.54) is 0 Å². The van der Waals surface area contributed by atoms with Crippen LogP contribution in [0.2, 0.25) is 0 Å². The number of fused-ring (bicyclic) bond motifs is 3. The van der Waals surface area contributed by atoms with Gasteiger partial charge in [-0.1, -0.05) is 0 Å². The zero-order valence-electron chi connectivity index (χ0n) is 13.9. The van der Waals surface area contributed by atoms with Gasteiger partial charge in [0.15, 0.2) is 33.6 Å². The van der Waals surface area contributed by atoms with E-state index in [0.29, 0.717) is 44.9 Å². The number of rotatable bonds is 0. The normalized spacial score (nSPS) is 18.6. The lowest BCUT2D eigenvalue weighted by Gasteiger charge is -2.05. The van der Waals surface area contributed by atoms with E-state index in [2.05, 4.69) is 9.98 Å². The molecule has 28 heavy (non-hydrogen) atoms. The molecule has 14 bridgehead atoms. The predicted octanol–water partition coefficient (Wildman–Crippen LogP) is 4.62. The highest BCUT2D eigenvalue weighted by atomic mass is 16.6. The molecule has 0 spiro atoms. The van der Waals surface area contributed by atoms with Gasteiger partial charge in [0, 0.05) is 12.2 Å². The van der Waals surface area contributed by atoms with Crippen LogP contribution in [0.3, 0.4) is 0 Å². The Morgan fingerprint density at radius 3 is 1.61 bits per heavy atom. The maximum Gasteiger partial charge on any atom is 0.203 e. The monoisotopic (exact) mass is 366 g/mol. The third-order valence-electron chi connectivity index (χ3n) is 5.71. The zero-order valence-corrected chi connectivity index (χ0v) is 13.9. The number of aliphatic imine (C=N–C) groups is 2. The molecule has 3 aliphatic heterocycles. The summed E-state index contributed by atoms with van der Waals surface area (Å²) in [5, 5.41) is 0.